The van der Waals surface area contributed by atoms with Gasteiger partial charge < -0.3 is 0 Å². The van der Waals surface area contributed by atoms with Gasteiger partial charge in [-0.05, 0) is 19.4 Å². The van der Waals surface area contributed by atoms with E-state index in [9.17, 15) is 0 Å². The van der Waals surface area contributed by atoms with Crippen LogP contribution in [0.15, 0.2) is 24.3 Å². The van der Waals surface area contributed by atoms with E-state index in [2.05, 4.69) is 47.6 Å². The summed E-state index contributed by atoms with van der Waals surface area (Å²) in [6.45, 7) is 4.71. The van der Waals surface area contributed by atoms with E-state index in [-0.39, 0.29) is 0 Å². The molecule has 0 bridgehead atoms. The molecule has 0 fully saturated rings. The van der Waals surface area contributed by atoms with Crippen molar-refractivity contribution in [2.45, 2.75) is 26.8 Å². The first-order valence-corrected chi connectivity index (χ1v) is 5.52. The van der Waals surface area contributed by atoms with Crippen molar-refractivity contribution in [1.29, 1.82) is 5.26 Å². The van der Waals surface area contributed by atoms with Gasteiger partial charge in [0.1, 0.15) is 0 Å². The lowest BCUT2D eigenvalue weighted by molar-refractivity contribution is 0.633. The Bertz CT molecular complexity index is 546. The number of benzene rings is 1. The van der Waals surface area contributed by atoms with Crippen molar-refractivity contribution in [2.24, 2.45) is 0 Å². The van der Waals surface area contributed by atoms with Crippen LogP contribution in [0.1, 0.15) is 22.5 Å². The van der Waals surface area contributed by atoms with Crippen LogP contribution in [-0.2, 0) is 13.0 Å². The molecule has 0 atom stereocenters. The molecule has 0 unspecified atom stereocenters. The maximum absolute atomic E-state index is 8.65. The molecule has 0 N–H and O–H groups in total. The van der Waals surface area contributed by atoms with Crippen molar-refractivity contribution >= 4 is 0 Å². The predicted octanol–water partition coefficient (Wildman–Crippen LogP) is 2.01. The summed E-state index contributed by atoms with van der Waals surface area (Å²) < 4.78 is 1.83. The predicted molar refractivity (Wildman–Crippen MR) is 64.4 cm³/mol. The summed E-state index contributed by atoms with van der Waals surface area (Å²) in [4.78, 5) is 0. The molecule has 1 aromatic carbocycles. The van der Waals surface area contributed by atoms with E-state index >= 15 is 0 Å². The second kappa shape index (κ2) is 4.79. The van der Waals surface area contributed by atoms with E-state index < -0.39 is 0 Å². The zero-order valence-corrected chi connectivity index (χ0v) is 10.0. The number of hydrogen-bond acceptors (Lipinski definition) is 3. The van der Waals surface area contributed by atoms with Gasteiger partial charge in [-0.15, -0.1) is 5.10 Å². The van der Waals surface area contributed by atoms with E-state index in [1.807, 2.05) is 11.6 Å². The maximum Gasteiger partial charge on any atom is 0.0996 e. The number of nitriles is 1. The lowest BCUT2D eigenvalue weighted by Gasteiger charge is -2.04. The van der Waals surface area contributed by atoms with E-state index in [0.717, 1.165) is 11.4 Å². The van der Waals surface area contributed by atoms with Crippen molar-refractivity contribution in [3.8, 4) is 6.07 Å². The monoisotopic (exact) mass is 226 g/mol. The average Bonchev–Trinajstić information content (AvgIpc) is 2.65. The molecule has 0 saturated heterocycles. The second-order valence-corrected chi connectivity index (χ2v) is 4.10. The van der Waals surface area contributed by atoms with Crippen LogP contribution in [0.3, 0.4) is 0 Å². The number of rotatable bonds is 3. The Hall–Kier alpha value is -2.15. The molecule has 0 spiro atoms. The minimum Gasteiger partial charge on any atom is -0.245 e. The minimum atomic E-state index is 0.319. The lowest BCUT2D eigenvalue weighted by Crippen LogP contribution is -2.04. The molecule has 1 aromatic heterocycles. The fourth-order valence-corrected chi connectivity index (χ4v) is 1.65. The third-order valence-corrected chi connectivity index (χ3v) is 2.78. The van der Waals surface area contributed by atoms with Crippen molar-refractivity contribution in [3.63, 3.8) is 0 Å². The van der Waals surface area contributed by atoms with Crippen LogP contribution in [0.2, 0.25) is 0 Å². The van der Waals surface area contributed by atoms with Crippen LogP contribution < -0.4 is 0 Å². The van der Waals surface area contributed by atoms with Crippen LogP contribution >= 0.6 is 0 Å². The Balaban J connectivity index is 2.19. The Labute approximate surface area is 101 Å². The molecule has 0 saturated carbocycles. The highest BCUT2D eigenvalue weighted by molar-refractivity contribution is 5.22. The van der Waals surface area contributed by atoms with E-state index in [4.69, 9.17) is 5.26 Å². The topological polar surface area (TPSA) is 54.5 Å². The zero-order chi connectivity index (χ0) is 12.3. The summed E-state index contributed by atoms with van der Waals surface area (Å²) in [5.41, 5.74) is 4.16. The van der Waals surface area contributed by atoms with E-state index in [1.165, 1.54) is 11.1 Å². The van der Waals surface area contributed by atoms with Gasteiger partial charge in [-0.3, -0.25) is 0 Å². The molecule has 86 valence electrons. The second-order valence-electron chi connectivity index (χ2n) is 4.10. The van der Waals surface area contributed by atoms with Gasteiger partial charge in [-0.1, -0.05) is 35.0 Å². The maximum atomic E-state index is 8.65. The van der Waals surface area contributed by atoms with Gasteiger partial charge in [0.25, 0.3) is 0 Å². The quantitative estimate of drug-likeness (QED) is 0.804. The third-order valence-electron chi connectivity index (χ3n) is 2.78. The molecule has 17 heavy (non-hydrogen) atoms. The van der Waals surface area contributed by atoms with Crippen LogP contribution in [0.4, 0.5) is 0 Å². The highest BCUT2D eigenvalue weighted by Gasteiger charge is 2.07. The van der Waals surface area contributed by atoms with Crippen LogP contribution in [0.25, 0.3) is 0 Å². The van der Waals surface area contributed by atoms with Gasteiger partial charge in [0.2, 0.25) is 0 Å². The van der Waals surface area contributed by atoms with Gasteiger partial charge in [-0.25, -0.2) is 4.68 Å². The van der Waals surface area contributed by atoms with Gasteiger partial charge >= 0.3 is 0 Å². The standard InChI is InChI=1S/C13H14N4/c1-10-3-5-12(6-4-10)9-17-11(2)13(7-8-14)15-16-17/h3-6H,7,9H2,1-2H3. The van der Waals surface area contributed by atoms with E-state index in [0.29, 0.717) is 13.0 Å². The van der Waals surface area contributed by atoms with Crippen LogP contribution in [0, 0.1) is 25.2 Å². The number of hydrogen-bond donors (Lipinski definition) is 0. The first kappa shape index (κ1) is 11.3. The Morgan fingerprint density at radius 1 is 1.24 bits per heavy atom. The smallest absolute Gasteiger partial charge is 0.0996 e. The first-order valence-electron chi connectivity index (χ1n) is 5.52. The lowest BCUT2D eigenvalue weighted by atomic mass is 10.1. The molecule has 0 aliphatic rings. The van der Waals surface area contributed by atoms with E-state index in [1.54, 1.807) is 0 Å². The Morgan fingerprint density at radius 3 is 2.59 bits per heavy atom. The third kappa shape index (κ3) is 2.51. The Kier molecular flexibility index (Phi) is 3.20. The van der Waals surface area contributed by atoms with Crippen LogP contribution in [-0.4, -0.2) is 15.0 Å². The molecular formula is C13H14N4. The normalized spacial score (nSPS) is 10.2. The van der Waals surface area contributed by atoms with Crippen molar-refractivity contribution < 1.29 is 0 Å². The fourth-order valence-electron chi connectivity index (χ4n) is 1.65. The molecule has 4 heteroatoms. The molecule has 4 nitrogen and oxygen atoms in total. The highest BCUT2D eigenvalue weighted by atomic mass is 15.4. The van der Waals surface area contributed by atoms with Crippen molar-refractivity contribution in [1.82, 2.24) is 15.0 Å². The summed E-state index contributed by atoms with van der Waals surface area (Å²) in [6, 6.07) is 10.4. The molecule has 0 amide bonds. The van der Waals surface area contributed by atoms with Crippen molar-refractivity contribution in [2.75, 3.05) is 0 Å². The molecule has 0 radical (unpaired) electrons. The summed E-state index contributed by atoms with van der Waals surface area (Å²) in [5.74, 6) is 0. The molecule has 2 rings (SSSR count). The van der Waals surface area contributed by atoms with Crippen molar-refractivity contribution in [3.05, 3.63) is 46.8 Å². The molecule has 1 heterocycles. The number of nitrogens with zero attached hydrogens (tertiary/aromatic N) is 4. The van der Waals surface area contributed by atoms with Gasteiger partial charge in [0.15, 0.2) is 0 Å². The molecule has 0 aliphatic heterocycles. The summed E-state index contributed by atoms with van der Waals surface area (Å²) in [6.07, 6.45) is 0.319. The zero-order valence-electron chi connectivity index (χ0n) is 10.0. The number of aromatic nitrogens is 3. The van der Waals surface area contributed by atoms with Gasteiger partial charge in [0, 0.05) is 0 Å². The summed E-state index contributed by atoms with van der Waals surface area (Å²) >= 11 is 0. The van der Waals surface area contributed by atoms with Gasteiger partial charge in [-0.2, -0.15) is 5.26 Å². The highest BCUT2D eigenvalue weighted by Crippen LogP contribution is 2.09. The van der Waals surface area contributed by atoms with Crippen LogP contribution in [0.5, 0.6) is 0 Å². The molecule has 0 aliphatic carbocycles. The first-order chi connectivity index (χ1) is 8.20. The number of aryl methyl sites for hydroxylation is 1. The minimum absolute atomic E-state index is 0.319. The molecule has 2 aromatic rings. The molecular weight excluding hydrogens is 212 g/mol. The fraction of sp³-hybridized carbons (Fsp3) is 0.308. The summed E-state index contributed by atoms with van der Waals surface area (Å²) in [5, 5.41) is 16.7. The average molecular weight is 226 g/mol. The van der Waals surface area contributed by atoms with Gasteiger partial charge in [0.05, 0.1) is 30.4 Å². The SMILES string of the molecule is Cc1ccc(Cn2nnc(CC#N)c2C)cc1. The Morgan fingerprint density at radius 2 is 1.94 bits per heavy atom. The largest absolute Gasteiger partial charge is 0.245 e. The summed E-state index contributed by atoms with van der Waals surface area (Å²) in [7, 11) is 0.